The monoisotopic (exact) mass is 565 g/mol. The molecule has 0 spiro atoms. The molecule has 0 aliphatic heterocycles. The number of alkyl halides is 3. The van der Waals surface area contributed by atoms with Crippen LogP contribution in [-0.2, 0) is 21.2 Å². The number of aliphatic carboxylic acids is 1. The predicted molar refractivity (Wildman–Crippen MR) is 141 cm³/mol. The van der Waals surface area contributed by atoms with E-state index in [1.165, 1.54) is 23.2 Å². The molecule has 9 nitrogen and oxygen atoms in total. The van der Waals surface area contributed by atoms with E-state index in [2.05, 4.69) is 20.0 Å². The molecule has 2 aromatic heterocycles. The Morgan fingerprint density at radius 3 is 2.44 bits per heavy atom. The summed E-state index contributed by atoms with van der Waals surface area (Å²) in [5.41, 5.74) is 1.38. The van der Waals surface area contributed by atoms with Gasteiger partial charge in [0.1, 0.15) is 18.9 Å². The molecule has 0 fully saturated rings. The van der Waals surface area contributed by atoms with Crippen molar-refractivity contribution in [3.63, 3.8) is 0 Å². The van der Waals surface area contributed by atoms with Gasteiger partial charge in [-0.05, 0) is 54.8 Å². The molecular weight excluding hydrogens is 535 g/mol. The molecule has 0 aliphatic rings. The van der Waals surface area contributed by atoms with Crippen LogP contribution >= 0.6 is 0 Å². The molecule has 1 atom stereocenters. The summed E-state index contributed by atoms with van der Waals surface area (Å²) >= 11 is 0. The minimum atomic E-state index is -4.35. The molecule has 0 bridgehead atoms. The standard InChI is InChI=1S/C26H30F3N5O4S/c1-2-3-15-34(18-26(27,28)29)20-12-10-19(11-13-20)16-22(33-39(37,38)24-9-4-5-14-30-24)21-7-6-8-23(32-21)31-17-25(35)36/h4-14,22,33H,2-3,15-18H2,1H3,(H,31,32)(H,35,36). The van der Waals surface area contributed by atoms with Gasteiger partial charge in [-0.1, -0.05) is 37.6 Å². The van der Waals surface area contributed by atoms with Crippen LogP contribution in [0.3, 0.4) is 0 Å². The third-order valence-corrected chi connectivity index (χ3v) is 7.04. The fourth-order valence-corrected chi connectivity index (χ4v) is 4.97. The Morgan fingerprint density at radius 2 is 1.82 bits per heavy atom. The Kier molecular flexibility index (Phi) is 10.2. The molecule has 0 amide bonds. The molecule has 13 heteroatoms. The third kappa shape index (κ3) is 9.52. The number of rotatable bonds is 14. The maximum Gasteiger partial charge on any atom is 0.405 e. The summed E-state index contributed by atoms with van der Waals surface area (Å²) in [5.74, 6) is -0.848. The fourth-order valence-electron chi connectivity index (χ4n) is 3.81. The first kappa shape index (κ1) is 29.8. The van der Waals surface area contributed by atoms with Crippen molar-refractivity contribution in [1.29, 1.82) is 0 Å². The van der Waals surface area contributed by atoms with Crippen LogP contribution in [0.25, 0.3) is 0 Å². The molecule has 210 valence electrons. The largest absolute Gasteiger partial charge is 0.480 e. The Bertz CT molecular complexity index is 1320. The van der Waals surface area contributed by atoms with Crippen molar-refractivity contribution in [2.24, 2.45) is 0 Å². The molecule has 0 saturated carbocycles. The van der Waals surface area contributed by atoms with Crippen molar-refractivity contribution in [2.75, 3.05) is 29.9 Å². The number of pyridine rings is 2. The third-order valence-electron chi connectivity index (χ3n) is 5.65. The molecule has 0 radical (unpaired) electrons. The minimum absolute atomic E-state index is 0.121. The number of carboxylic acids is 1. The van der Waals surface area contributed by atoms with Crippen molar-refractivity contribution in [3.05, 3.63) is 78.1 Å². The number of nitrogens with one attached hydrogen (secondary N) is 2. The lowest BCUT2D eigenvalue weighted by Crippen LogP contribution is -2.35. The van der Waals surface area contributed by atoms with Crippen LogP contribution in [0.1, 0.15) is 37.1 Å². The highest BCUT2D eigenvalue weighted by molar-refractivity contribution is 7.89. The minimum Gasteiger partial charge on any atom is -0.480 e. The zero-order chi connectivity index (χ0) is 28.5. The number of benzene rings is 1. The van der Waals surface area contributed by atoms with Gasteiger partial charge in [0.2, 0.25) is 0 Å². The van der Waals surface area contributed by atoms with E-state index >= 15 is 0 Å². The number of carbonyl (C=O) groups is 1. The van der Waals surface area contributed by atoms with Crippen molar-refractivity contribution in [3.8, 4) is 0 Å². The number of unbranched alkanes of at least 4 members (excludes halogenated alkanes) is 1. The normalized spacial score (nSPS) is 12.6. The number of sulfonamides is 1. The average Bonchev–Trinajstić information content (AvgIpc) is 2.90. The summed E-state index contributed by atoms with van der Waals surface area (Å²) in [7, 11) is -4.07. The highest BCUT2D eigenvalue weighted by atomic mass is 32.2. The summed E-state index contributed by atoms with van der Waals surface area (Å²) < 4.78 is 68.1. The second-order valence-corrected chi connectivity index (χ2v) is 10.5. The van der Waals surface area contributed by atoms with Gasteiger partial charge in [-0.15, -0.1) is 0 Å². The molecule has 0 saturated heterocycles. The summed E-state index contributed by atoms with van der Waals surface area (Å²) in [6.45, 7) is 0.705. The highest BCUT2D eigenvalue weighted by Crippen LogP contribution is 2.26. The van der Waals surface area contributed by atoms with Crippen LogP contribution in [0, 0.1) is 0 Å². The lowest BCUT2D eigenvalue weighted by molar-refractivity contribution is -0.135. The van der Waals surface area contributed by atoms with Crippen LogP contribution in [-0.4, -0.2) is 55.3 Å². The lowest BCUT2D eigenvalue weighted by atomic mass is 10.0. The van der Waals surface area contributed by atoms with Gasteiger partial charge in [-0.2, -0.15) is 13.2 Å². The number of carboxylic acid groups (broad SMARTS) is 1. The van der Waals surface area contributed by atoms with Crippen molar-refractivity contribution >= 4 is 27.5 Å². The smallest absolute Gasteiger partial charge is 0.405 e. The van der Waals surface area contributed by atoms with E-state index in [4.69, 9.17) is 5.11 Å². The van der Waals surface area contributed by atoms with Crippen LogP contribution in [0.4, 0.5) is 24.7 Å². The van der Waals surface area contributed by atoms with Gasteiger partial charge in [0, 0.05) is 18.4 Å². The van der Waals surface area contributed by atoms with Crippen molar-refractivity contribution < 1.29 is 31.5 Å². The lowest BCUT2D eigenvalue weighted by Gasteiger charge is -2.26. The number of aromatic nitrogens is 2. The molecule has 39 heavy (non-hydrogen) atoms. The Hall–Kier alpha value is -3.71. The van der Waals surface area contributed by atoms with Gasteiger partial charge in [0.15, 0.2) is 5.03 Å². The Balaban J connectivity index is 1.89. The van der Waals surface area contributed by atoms with Crippen molar-refractivity contribution in [1.82, 2.24) is 14.7 Å². The zero-order valence-corrected chi connectivity index (χ0v) is 22.0. The molecular formula is C26H30F3N5O4S. The molecule has 1 unspecified atom stereocenters. The second kappa shape index (κ2) is 13.4. The maximum absolute atomic E-state index is 13.1. The first-order valence-electron chi connectivity index (χ1n) is 12.2. The Morgan fingerprint density at radius 1 is 1.08 bits per heavy atom. The summed E-state index contributed by atoms with van der Waals surface area (Å²) in [6.07, 6.45) is -1.53. The first-order chi connectivity index (χ1) is 18.5. The van der Waals surface area contributed by atoms with Gasteiger partial charge in [-0.3, -0.25) is 4.79 Å². The van der Waals surface area contributed by atoms with Crippen LogP contribution in [0.2, 0.25) is 0 Å². The number of nitrogens with zero attached hydrogens (tertiary/aromatic N) is 3. The van der Waals surface area contributed by atoms with Gasteiger partial charge in [-0.25, -0.2) is 23.1 Å². The number of hydrogen-bond acceptors (Lipinski definition) is 7. The predicted octanol–water partition coefficient (Wildman–Crippen LogP) is 4.40. The van der Waals surface area contributed by atoms with Crippen LogP contribution < -0.4 is 14.9 Å². The maximum atomic E-state index is 13.1. The quantitative estimate of drug-likeness (QED) is 0.263. The van der Waals surface area contributed by atoms with E-state index in [9.17, 15) is 26.4 Å². The molecule has 3 aromatic rings. The number of hydrogen-bond donors (Lipinski definition) is 3. The van der Waals surface area contributed by atoms with Crippen LogP contribution in [0.5, 0.6) is 0 Å². The molecule has 2 heterocycles. The number of anilines is 2. The molecule has 3 N–H and O–H groups in total. The van der Waals surface area contributed by atoms with Gasteiger partial charge in [0.25, 0.3) is 10.0 Å². The van der Waals surface area contributed by atoms with E-state index in [0.29, 0.717) is 23.4 Å². The average molecular weight is 566 g/mol. The first-order valence-corrected chi connectivity index (χ1v) is 13.7. The fraction of sp³-hybridized carbons (Fsp3) is 0.346. The summed E-state index contributed by atoms with van der Waals surface area (Å²) in [6, 6.07) is 14.8. The van der Waals surface area contributed by atoms with Gasteiger partial charge < -0.3 is 15.3 Å². The van der Waals surface area contributed by atoms with E-state index in [-0.39, 0.29) is 30.4 Å². The molecule has 3 rings (SSSR count). The topological polar surface area (TPSA) is 125 Å². The van der Waals surface area contributed by atoms with E-state index < -0.39 is 34.8 Å². The summed E-state index contributed by atoms with van der Waals surface area (Å²) in [4.78, 5) is 20.5. The zero-order valence-electron chi connectivity index (χ0n) is 21.2. The summed E-state index contributed by atoms with van der Waals surface area (Å²) in [5, 5.41) is 11.4. The van der Waals surface area contributed by atoms with Crippen LogP contribution in [0.15, 0.2) is 71.9 Å². The molecule has 0 aliphatic carbocycles. The second-order valence-electron chi connectivity index (χ2n) is 8.80. The van der Waals surface area contributed by atoms with E-state index in [0.717, 1.165) is 6.42 Å². The Labute approximate surface area is 225 Å². The van der Waals surface area contributed by atoms with E-state index in [1.54, 1.807) is 48.5 Å². The highest BCUT2D eigenvalue weighted by Gasteiger charge is 2.31. The molecule has 1 aromatic carbocycles. The van der Waals surface area contributed by atoms with E-state index in [1.807, 2.05) is 6.92 Å². The van der Waals surface area contributed by atoms with Gasteiger partial charge >= 0.3 is 12.1 Å². The SMILES string of the molecule is CCCCN(CC(F)(F)F)c1ccc(CC(NS(=O)(=O)c2ccccn2)c2cccc(NCC(=O)O)n2)cc1. The van der Waals surface area contributed by atoms with Gasteiger partial charge in [0.05, 0.1) is 11.7 Å². The number of halogens is 3. The van der Waals surface area contributed by atoms with Crippen molar-refractivity contribution in [2.45, 2.75) is 43.4 Å².